The number of rotatable bonds is 6. The molecule has 1 saturated heterocycles. The van der Waals surface area contributed by atoms with Gasteiger partial charge in [0.1, 0.15) is 6.54 Å². The Morgan fingerprint density at radius 2 is 1.67 bits per heavy atom. The van der Waals surface area contributed by atoms with E-state index in [1.807, 2.05) is 18.2 Å². The number of benzene rings is 2. The van der Waals surface area contributed by atoms with Gasteiger partial charge in [0.25, 0.3) is 5.91 Å². The smallest absolute Gasteiger partial charge is 0.251 e. The lowest BCUT2D eigenvalue weighted by Crippen LogP contribution is -3.12. The van der Waals surface area contributed by atoms with Gasteiger partial charge in [-0.15, -0.1) is 0 Å². The highest BCUT2D eigenvalue weighted by atomic mass is 35.5. The van der Waals surface area contributed by atoms with Crippen LogP contribution in [0, 0.1) is 0 Å². The third kappa shape index (κ3) is 6.08. The number of likely N-dealkylation sites (tertiary alicyclic amines) is 1. The van der Waals surface area contributed by atoms with Gasteiger partial charge in [-0.05, 0) is 24.3 Å². The summed E-state index contributed by atoms with van der Waals surface area (Å²) in [5, 5.41) is 6.46. The summed E-state index contributed by atoms with van der Waals surface area (Å²) in [6, 6.07) is 17.1. The molecule has 5 nitrogen and oxygen atoms in total. The summed E-state index contributed by atoms with van der Waals surface area (Å²) >= 11 is 5.93. The Balaban J connectivity index is 1.36. The third-order valence-corrected chi connectivity index (χ3v) is 5.12. The number of piperidine rings is 1. The van der Waals surface area contributed by atoms with E-state index < -0.39 is 0 Å². The molecule has 0 saturated carbocycles. The largest absolute Gasteiger partial charge is 0.351 e. The molecule has 0 aliphatic carbocycles. The fourth-order valence-corrected chi connectivity index (χ4v) is 3.49. The van der Waals surface area contributed by atoms with Crippen LogP contribution in [-0.2, 0) is 11.3 Å². The lowest BCUT2D eigenvalue weighted by molar-refractivity contribution is -0.918. The first-order valence-electron chi connectivity index (χ1n) is 9.31. The Morgan fingerprint density at radius 1 is 1.00 bits per heavy atom. The highest BCUT2D eigenvalue weighted by molar-refractivity contribution is 6.30. The summed E-state index contributed by atoms with van der Waals surface area (Å²) in [6.45, 7) is 3.02. The number of hydrogen-bond donors (Lipinski definition) is 3. The Labute approximate surface area is 164 Å². The second-order valence-electron chi connectivity index (χ2n) is 6.94. The van der Waals surface area contributed by atoms with Crippen molar-refractivity contribution in [1.82, 2.24) is 10.6 Å². The molecule has 0 unspecified atom stereocenters. The monoisotopic (exact) mass is 386 g/mol. The van der Waals surface area contributed by atoms with Gasteiger partial charge in [0.15, 0.2) is 0 Å². The van der Waals surface area contributed by atoms with Gasteiger partial charge in [0.05, 0.1) is 19.6 Å². The highest BCUT2D eigenvalue weighted by Gasteiger charge is 2.23. The maximum absolute atomic E-state index is 12.1. The first-order chi connectivity index (χ1) is 13.1. The number of carbonyl (C=O) groups is 2. The number of halogens is 1. The second kappa shape index (κ2) is 9.53. The molecule has 0 bridgehead atoms. The molecule has 1 aliphatic heterocycles. The van der Waals surface area contributed by atoms with Gasteiger partial charge in [-0.25, -0.2) is 0 Å². The van der Waals surface area contributed by atoms with Crippen LogP contribution in [0.1, 0.15) is 28.8 Å². The first kappa shape index (κ1) is 19.4. The predicted octanol–water partition coefficient (Wildman–Crippen LogP) is 1.43. The number of quaternary nitrogens is 1. The summed E-state index contributed by atoms with van der Waals surface area (Å²) in [4.78, 5) is 25.6. The summed E-state index contributed by atoms with van der Waals surface area (Å²) in [7, 11) is 0. The molecule has 1 aliphatic rings. The zero-order valence-electron chi connectivity index (χ0n) is 15.2. The van der Waals surface area contributed by atoms with Gasteiger partial charge >= 0.3 is 0 Å². The van der Waals surface area contributed by atoms with Crippen molar-refractivity contribution in [2.24, 2.45) is 0 Å². The molecular weight excluding hydrogens is 362 g/mol. The standard InChI is InChI=1S/C21H24ClN3O2/c22-18-8-6-16(7-9-18)15-25-12-10-19(11-13-25)24-20(26)14-23-21(27)17-4-2-1-3-5-17/h1-9,19H,10-15H2,(H,23,27)(H,24,26)/p+1. The molecule has 3 rings (SSSR count). The van der Waals surface area contributed by atoms with E-state index in [4.69, 9.17) is 11.6 Å². The van der Waals surface area contributed by atoms with E-state index in [1.54, 1.807) is 24.3 Å². The van der Waals surface area contributed by atoms with Gasteiger partial charge in [-0.3, -0.25) is 9.59 Å². The normalized spacial score (nSPS) is 19.3. The Morgan fingerprint density at radius 3 is 2.33 bits per heavy atom. The average molecular weight is 387 g/mol. The molecule has 6 heteroatoms. The molecule has 0 radical (unpaired) electrons. The zero-order valence-corrected chi connectivity index (χ0v) is 16.0. The molecule has 3 N–H and O–H groups in total. The van der Waals surface area contributed by atoms with Crippen LogP contribution in [0.4, 0.5) is 0 Å². The predicted molar refractivity (Wildman–Crippen MR) is 106 cm³/mol. The molecule has 2 aromatic rings. The van der Waals surface area contributed by atoms with Gasteiger partial charge < -0.3 is 15.5 Å². The van der Waals surface area contributed by atoms with Gasteiger partial charge in [0.2, 0.25) is 5.91 Å². The third-order valence-electron chi connectivity index (χ3n) is 4.87. The van der Waals surface area contributed by atoms with Crippen molar-refractivity contribution < 1.29 is 14.5 Å². The van der Waals surface area contributed by atoms with Gasteiger partial charge in [0, 0.05) is 35.0 Å². The molecule has 142 valence electrons. The van der Waals surface area contributed by atoms with Crippen molar-refractivity contribution >= 4 is 23.4 Å². The Bertz CT molecular complexity index is 757. The van der Waals surface area contributed by atoms with Crippen molar-refractivity contribution in [3.8, 4) is 0 Å². The molecule has 0 aromatic heterocycles. The zero-order chi connectivity index (χ0) is 19.1. The van der Waals surface area contributed by atoms with Crippen LogP contribution in [0.25, 0.3) is 0 Å². The average Bonchev–Trinajstić information content (AvgIpc) is 2.70. The maximum atomic E-state index is 12.1. The molecule has 0 spiro atoms. The van der Waals surface area contributed by atoms with E-state index in [2.05, 4.69) is 22.8 Å². The maximum Gasteiger partial charge on any atom is 0.251 e. The van der Waals surface area contributed by atoms with E-state index in [0.29, 0.717) is 5.56 Å². The van der Waals surface area contributed by atoms with Crippen molar-refractivity contribution in [3.63, 3.8) is 0 Å². The second-order valence-corrected chi connectivity index (χ2v) is 7.38. The lowest BCUT2D eigenvalue weighted by atomic mass is 10.0. The molecular formula is C21H25ClN3O2+. The van der Waals surface area contributed by atoms with Crippen LogP contribution in [-0.4, -0.2) is 37.5 Å². The van der Waals surface area contributed by atoms with Crippen LogP contribution in [0.5, 0.6) is 0 Å². The molecule has 0 atom stereocenters. The topological polar surface area (TPSA) is 62.6 Å². The fraction of sp³-hybridized carbons (Fsp3) is 0.333. The summed E-state index contributed by atoms with van der Waals surface area (Å²) in [6.07, 6.45) is 1.89. The van der Waals surface area contributed by atoms with Crippen LogP contribution in [0.2, 0.25) is 5.02 Å². The number of nitrogens with one attached hydrogen (secondary N) is 3. The van der Waals surface area contributed by atoms with E-state index in [0.717, 1.165) is 37.5 Å². The molecule has 2 aromatic carbocycles. The molecule has 1 fully saturated rings. The highest BCUT2D eigenvalue weighted by Crippen LogP contribution is 2.09. The van der Waals surface area contributed by atoms with Gasteiger partial charge in [-0.1, -0.05) is 41.9 Å². The summed E-state index contributed by atoms with van der Waals surface area (Å²) in [5.74, 6) is -0.363. The fourth-order valence-electron chi connectivity index (χ4n) is 3.37. The van der Waals surface area contributed by atoms with Crippen molar-refractivity contribution in [2.45, 2.75) is 25.4 Å². The molecule has 1 heterocycles. The van der Waals surface area contributed by atoms with Crippen molar-refractivity contribution in [3.05, 3.63) is 70.7 Å². The minimum atomic E-state index is -0.229. The van der Waals surface area contributed by atoms with Crippen LogP contribution >= 0.6 is 11.6 Å². The van der Waals surface area contributed by atoms with E-state index in [9.17, 15) is 9.59 Å². The van der Waals surface area contributed by atoms with Crippen LogP contribution in [0.15, 0.2) is 54.6 Å². The lowest BCUT2D eigenvalue weighted by Gasteiger charge is -2.29. The Kier molecular flexibility index (Phi) is 6.85. The van der Waals surface area contributed by atoms with E-state index in [-0.39, 0.29) is 24.4 Å². The van der Waals surface area contributed by atoms with E-state index >= 15 is 0 Å². The number of carbonyl (C=O) groups excluding carboxylic acids is 2. The minimum absolute atomic E-state index is 0.00553. The van der Waals surface area contributed by atoms with Crippen LogP contribution < -0.4 is 15.5 Å². The molecule has 2 amide bonds. The quantitative estimate of drug-likeness (QED) is 0.703. The summed E-state index contributed by atoms with van der Waals surface area (Å²) in [5.41, 5.74) is 1.84. The SMILES string of the molecule is O=C(CNC(=O)c1ccccc1)NC1CC[NH+](Cc2ccc(Cl)cc2)CC1. The van der Waals surface area contributed by atoms with Crippen molar-refractivity contribution in [2.75, 3.05) is 19.6 Å². The van der Waals surface area contributed by atoms with E-state index in [1.165, 1.54) is 10.5 Å². The first-order valence-corrected chi connectivity index (χ1v) is 9.68. The Hall–Kier alpha value is -2.37. The van der Waals surface area contributed by atoms with Crippen molar-refractivity contribution in [1.29, 1.82) is 0 Å². The van der Waals surface area contributed by atoms with Gasteiger partial charge in [-0.2, -0.15) is 0 Å². The minimum Gasteiger partial charge on any atom is -0.351 e. The number of hydrogen-bond acceptors (Lipinski definition) is 2. The van der Waals surface area contributed by atoms with Crippen LogP contribution in [0.3, 0.4) is 0 Å². The molecule has 27 heavy (non-hydrogen) atoms. The number of amides is 2. The summed E-state index contributed by atoms with van der Waals surface area (Å²) < 4.78 is 0.